The van der Waals surface area contributed by atoms with Gasteiger partial charge in [-0.15, -0.1) is 0 Å². The number of likely N-dealkylation sites (tertiary alicyclic amines) is 1. The van der Waals surface area contributed by atoms with Crippen LogP contribution in [0, 0.1) is 12.3 Å². The van der Waals surface area contributed by atoms with Gasteiger partial charge in [0.15, 0.2) is 0 Å². The van der Waals surface area contributed by atoms with Gasteiger partial charge in [0.05, 0.1) is 0 Å². The molecule has 2 nitrogen and oxygen atoms in total. The Kier molecular flexibility index (Phi) is 5.22. The predicted octanol–water partition coefficient (Wildman–Crippen LogP) is 3.77. The number of nitrogens with zero attached hydrogens (tertiary/aromatic N) is 1. The first-order valence-electron chi connectivity index (χ1n) is 8.08. The number of aryl methyl sites for hydroxylation is 1. The largest absolute Gasteiger partial charge is 0.312 e. The van der Waals surface area contributed by atoms with Crippen LogP contribution >= 0.6 is 0 Å². The summed E-state index contributed by atoms with van der Waals surface area (Å²) in [6.07, 6.45) is 3.99. The summed E-state index contributed by atoms with van der Waals surface area (Å²) in [4.78, 5) is 2.65. The van der Waals surface area contributed by atoms with E-state index < -0.39 is 0 Å². The van der Waals surface area contributed by atoms with Crippen molar-refractivity contribution in [3.8, 4) is 0 Å². The molecule has 1 aromatic rings. The van der Waals surface area contributed by atoms with Crippen molar-refractivity contribution >= 4 is 0 Å². The van der Waals surface area contributed by atoms with Crippen LogP contribution < -0.4 is 5.32 Å². The molecular weight excluding hydrogens is 244 g/mol. The first-order chi connectivity index (χ1) is 9.62. The van der Waals surface area contributed by atoms with E-state index in [2.05, 4.69) is 62.3 Å². The van der Waals surface area contributed by atoms with E-state index >= 15 is 0 Å². The fraction of sp³-hybridized carbons (Fsp3) is 0.667. The van der Waals surface area contributed by atoms with Crippen molar-refractivity contribution in [2.45, 2.75) is 46.1 Å². The fourth-order valence-electron chi connectivity index (χ4n) is 3.52. The highest BCUT2D eigenvalue weighted by Crippen LogP contribution is 2.37. The number of benzene rings is 1. The molecule has 1 N–H and O–H groups in total. The zero-order chi connectivity index (χ0) is 14.6. The van der Waals surface area contributed by atoms with Gasteiger partial charge in [0.25, 0.3) is 0 Å². The summed E-state index contributed by atoms with van der Waals surface area (Å²) >= 11 is 0. The van der Waals surface area contributed by atoms with Crippen LogP contribution in [0.15, 0.2) is 24.3 Å². The molecule has 0 radical (unpaired) electrons. The van der Waals surface area contributed by atoms with Crippen molar-refractivity contribution < 1.29 is 0 Å². The molecule has 0 amide bonds. The summed E-state index contributed by atoms with van der Waals surface area (Å²) in [6.45, 7) is 10.5. The van der Waals surface area contributed by atoms with Gasteiger partial charge in [-0.25, -0.2) is 0 Å². The second-order valence-corrected chi connectivity index (χ2v) is 6.45. The van der Waals surface area contributed by atoms with E-state index in [0.29, 0.717) is 11.5 Å². The van der Waals surface area contributed by atoms with Crippen LogP contribution in [0.1, 0.15) is 50.3 Å². The molecule has 1 aliphatic heterocycles. The van der Waals surface area contributed by atoms with Gasteiger partial charge in [-0.2, -0.15) is 0 Å². The minimum absolute atomic E-state index is 0.444. The molecular formula is C18H30N2. The van der Waals surface area contributed by atoms with Gasteiger partial charge in [-0.05, 0) is 50.8 Å². The normalized spacial score (nSPS) is 20.2. The molecule has 20 heavy (non-hydrogen) atoms. The number of likely N-dealkylation sites (N-methyl/N-ethyl adjacent to an activating group) is 1. The van der Waals surface area contributed by atoms with Crippen molar-refractivity contribution in [3.63, 3.8) is 0 Å². The third kappa shape index (κ3) is 3.42. The molecule has 1 aromatic carbocycles. The first kappa shape index (κ1) is 15.5. The average molecular weight is 274 g/mol. The predicted molar refractivity (Wildman–Crippen MR) is 87.1 cm³/mol. The zero-order valence-corrected chi connectivity index (χ0v) is 13.6. The molecule has 2 rings (SSSR count). The quantitative estimate of drug-likeness (QED) is 0.849. The highest BCUT2D eigenvalue weighted by molar-refractivity contribution is 5.25. The van der Waals surface area contributed by atoms with Gasteiger partial charge >= 0.3 is 0 Å². The van der Waals surface area contributed by atoms with Gasteiger partial charge in [0.2, 0.25) is 0 Å². The molecule has 0 aromatic heterocycles. The van der Waals surface area contributed by atoms with E-state index in [1.807, 2.05) is 0 Å². The van der Waals surface area contributed by atoms with Gasteiger partial charge in [-0.3, -0.25) is 0 Å². The molecule has 2 heteroatoms. The molecule has 0 saturated carbocycles. The number of nitrogens with one attached hydrogen (secondary N) is 1. The Balaban J connectivity index is 2.01. The summed E-state index contributed by atoms with van der Waals surface area (Å²) in [5.74, 6) is 0. The summed E-state index contributed by atoms with van der Waals surface area (Å²) < 4.78 is 0. The highest BCUT2D eigenvalue weighted by atomic mass is 15.2. The Morgan fingerprint density at radius 3 is 2.60 bits per heavy atom. The fourth-order valence-corrected chi connectivity index (χ4v) is 3.52. The molecule has 112 valence electrons. The molecule has 1 atom stereocenters. The molecule has 1 saturated heterocycles. The topological polar surface area (TPSA) is 15.3 Å². The van der Waals surface area contributed by atoms with Crippen LogP contribution in [0.4, 0.5) is 0 Å². The van der Waals surface area contributed by atoms with Crippen LogP contribution in [0.5, 0.6) is 0 Å². The molecule has 0 spiro atoms. The summed E-state index contributed by atoms with van der Waals surface area (Å²) in [7, 11) is 2.08. The minimum Gasteiger partial charge on any atom is -0.312 e. The standard InChI is InChI=1S/C18H30N2/c1-5-18(6-2)10-11-20(14-18)13-17(19-4)16-9-7-8-15(3)12-16/h7-9,12,17,19H,5-6,10-11,13-14H2,1-4H3. The number of hydrogen-bond acceptors (Lipinski definition) is 2. The molecule has 0 bridgehead atoms. The lowest BCUT2D eigenvalue weighted by Crippen LogP contribution is -2.34. The van der Waals surface area contributed by atoms with Gasteiger partial charge in [0, 0.05) is 19.1 Å². The van der Waals surface area contributed by atoms with E-state index in [4.69, 9.17) is 0 Å². The first-order valence-corrected chi connectivity index (χ1v) is 8.08. The van der Waals surface area contributed by atoms with Gasteiger partial charge in [0.1, 0.15) is 0 Å². The summed E-state index contributed by atoms with van der Waals surface area (Å²) in [5, 5.41) is 3.49. The second-order valence-electron chi connectivity index (χ2n) is 6.45. The van der Waals surface area contributed by atoms with Crippen LogP contribution in [0.3, 0.4) is 0 Å². The lowest BCUT2D eigenvalue weighted by molar-refractivity contribution is 0.227. The van der Waals surface area contributed by atoms with Crippen LogP contribution in [-0.2, 0) is 0 Å². The van der Waals surface area contributed by atoms with Crippen LogP contribution in [0.25, 0.3) is 0 Å². The summed E-state index contributed by atoms with van der Waals surface area (Å²) in [5.41, 5.74) is 3.34. The maximum atomic E-state index is 3.49. The van der Waals surface area contributed by atoms with E-state index in [9.17, 15) is 0 Å². The Morgan fingerprint density at radius 2 is 2.05 bits per heavy atom. The molecule has 1 unspecified atom stereocenters. The van der Waals surface area contributed by atoms with Crippen molar-refractivity contribution in [2.24, 2.45) is 5.41 Å². The Morgan fingerprint density at radius 1 is 1.30 bits per heavy atom. The van der Waals surface area contributed by atoms with E-state index in [-0.39, 0.29) is 0 Å². The van der Waals surface area contributed by atoms with Gasteiger partial charge < -0.3 is 10.2 Å². The van der Waals surface area contributed by atoms with Crippen LogP contribution in [-0.4, -0.2) is 31.6 Å². The molecule has 1 heterocycles. The van der Waals surface area contributed by atoms with E-state index in [1.165, 1.54) is 43.5 Å². The minimum atomic E-state index is 0.444. The Bertz CT molecular complexity index is 423. The van der Waals surface area contributed by atoms with E-state index in [0.717, 1.165) is 6.54 Å². The zero-order valence-electron chi connectivity index (χ0n) is 13.6. The van der Waals surface area contributed by atoms with Gasteiger partial charge in [-0.1, -0.05) is 43.7 Å². The maximum Gasteiger partial charge on any atom is 0.0446 e. The lowest BCUT2D eigenvalue weighted by atomic mass is 9.82. The Hall–Kier alpha value is -0.860. The highest BCUT2D eigenvalue weighted by Gasteiger charge is 2.35. The Labute approximate surface area is 124 Å². The molecule has 1 aliphatic rings. The van der Waals surface area contributed by atoms with E-state index in [1.54, 1.807) is 0 Å². The lowest BCUT2D eigenvalue weighted by Gasteiger charge is -2.28. The summed E-state index contributed by atoms with van der Waals surface area (Å²) in [6, 6.07) is 9.34. The van der Waals surface area contributed by atoms with Crippen molar-refractivity contribution in [2.75, 3.05) is 26.7 Å². The third-order valence-corrected chi connectivity index (χ3v) is 5.25. The smallest absolute Gasteiger partial charge is 0.0446 e. The van der Waals surface area contributed by atoms with Crippen LogP contribution in [0.2, 0.25) is 0 Å². The monoisotopic (exact) mass is 274 g/mol. The number of rotatable bonds is 6. The number of hydrogen-bond donors (Lipinski definition) is 1. The van der Waals surface area contributed by atoms with Crippen molar-refractivity contribution in [1.82, 2.24) is 10.2 Å². The van der Waals surface area contributed by atoms with Crippen molar-refractivity contribution in [1.29, 1.82) is 0 Å². The maximum absolute atomic E-state index is 3.49. The molecule has 1 fully saturated rings. The SMILES string of the molecule is CCC1(CC)CCN(CC(NC)c2cccc(C)c2)C1. The molecule has 0 aliphatic carbocycles. The second kappa shape index (κ2) is 6.73. The third-order valence-electron chi connectivity index (χ3n) is 5.25. The van der Waals surface area contributed by atoms with Crippen molar-refractivity contribution in [3.05, 3.63) is 35.4 Å². The average Bonchev–Trinajstić information content (AvgIpc) is 2.89.